The van der Waals surface area contributed by atoms with Gasteiger partial charge in [-0.1, -0.05) is 17.7 Å². The number of rotatable bonds is 10. The topological polar surface area (TPSA) is 68.0 Å². The Labute approximate surface area is 176 Å². The first kappa shape index (κ1) is 22.6. The highest BCUT2D eigenvalue weighted by Gasteiger charge is 1.99. The van der Waals surface area contributed by atoms with Crippen LogP contribution in [0.15, 0.2) is 52.1 Å². The van der Waals surface area contributed by atoms with Crippen molar-refractivity contribution in [2.45, 2.75) is 13.0 Å². The molecule has 144 valence electrons. The number of furan rings is 1. The normalized spacial score (nSPS) is 10.9. The summed E-state index contributed by atoms with van der Waals surface area (Å²) in [7, 11) is 1.74. The SMILES string of the molecule is CN=C(NCCCOCc1ccco1)NCCOc1cccc(Cl)c1.I. The van der Waals surface area contributed by atoms with Crippen molar-refractivity contribution in [2.24, 2.45) is 4.99 Å². The van der Waals surface area contributed by atoms with Gasteiger partial charge in [-0.15, -0.1) is 24.0 Å². The molecule has 0 amide bonds. The van der Waals surface area contributed by atoms with Gasteiger partial charge in [-0.3, -0.25) is 4.99 Å². The van der Waals surface area contributed by atoms with Gasteiger partial charge in [0.05, 0.1) is 12.8 Å². The van der Waals surface area contributed by atoms with E-state index in [1.54, 1.807) is 19.4 Å². The molecule has 2 aromatic rings. The first-order valence-electron chi connectivity index (χ1n) is 8.21. The van der Waals surface area contributed by atoms with Gasteiger partial charge in [-0.25, -0.2) is 0 Å². The highest BCUT2D eigenvalue weighted by atomic mass is 127. The summed E-state index contributed by atoms with van der Waals surface area (Å²) in [5.41, 5.74) is 0. The maximum Gasteiger partial charge on any atom is 0.191 e. The Morgan fingerprint density at radius 3 is 2.73 bits per heavy atom. The fourth-order valence-corrected chi connectivity index (χ4v) is 2.24. The van der Waals surface area contributed by atoms with E-state index >= 15 is 0 Å². The molecule has 0 fully saturated rings. The summed E-state index contributed by atoms with van der Waals surface area (Å²) >= 11 is 5.91. The van der Waals surface area contributed by atoms with Crippen LogP contribution in [0.2, 0.25) is 5.02 Å². The molecule has 1 aromatic carbocycles. The molecule has 26 heavy (non-hydrogen) atoms. The van der Waals surface area contributed by atoms with Crippen LogP contribution in [0.25, 0.3) is 0 Å². The van der Waals surface area contributed by atoms with E-state index in [2.05, 4.69) is 15.6 Å². The van der Waals surface area contributed by atoms with Crippen molar-refractivity contribution in [1.29, 1.82) is 0 Å². The molecule has 1 heterocycles. The Morgan fingerprint density at radius 1 is 1.15 bits per heavy atom. The lowest BCUT2D eigenvalue weighted by Gasteiger charge is -2.12. The molecule has 0 aliphatic carbocycles. The van der Waals surface area contributed by atoms with Crippen molar-refractivity contribution in [3.8, 4) is 5.75 Å². The molecule has 2 N–H and O–H groups in total. The lowest BCUT2D eigenvalue weighted by Crippen LogP contribution is -2.39. The average molecular weight is 494 g/mol. The quantitative estimate of drug-likeness (QED) is 0.229. The maximum atomic E-state index is 5.91. The van der Waals surface area contributed by atoms with Crippen molar-refractivity contribution < 1.29 is 13.9 Å². The lowest BCUT2D eigenvalue weighted by atomic mass is 10.3. The van der Waals surface area contributed by atoms with Crippen LogP contribution in [0.4, 0.5) is 0 Å². The van der Waals surface area contributed by atoms with Crippen molar-refractivity contribution in [2.75, 3.05) is 33.4 Å². The summed E-state index contributed by atoms with van der Waals surface area (Å²) in [6.07, 6.45) is 2.52. The van der Waals surface area contributed by atoms with Gasteiger partial charge in [-0.05, 0) is 36.8 Å². The lowest BCUT2D eigenvalue weighted by molar-refractivity contribution is 0.105. The monoisotopic (exact) mass is 493 g/mol. The van der Waals surface area contributed by atoms with Crippen LogP contribution in [0.3, 0.4) is 0 Å². The number of guanidine groups is 1. The van der Waals surface area contributed by atoms with Crippen LogP contribution in [0, 0.1) is 0 Å². The minimum atomic E-state index is 0. The molecular formula is C18H25ClIN3O3. The van der Waals surface area contributed by atoms with Gasteiger partial charge in [0.25, 0.3) is 0 Å². The van der Waals surface area contributed by atoms with Crippen molar-refractivity contribution in [3.05, 3.63) is 53.4 Å². The second kappa shape index (κ2) is 13.7. The van der Waals surface area contributed by atoms with Gasteiger partial charge >= 0.3 is 0 Å². The number of hydrogen-bond donors (Lipinski definition) is 2. The van der Waals surface area contributed by atoms with Crippen LogP contribution >= 0.6 is 35.6 Å². The van der Waals surface area contributed by atoms with E-state index < -0.39 is 0 Å². The highest BCUT2D eigenvalue weighted by molar-refractivity contribution is 14.0. The summed E-state index contributed by atoms with van der Waals surface area (Å²) < 4.78 is 16.3. The smallest absolute Gasteiger partial charge is 0.191 e. The van der Waals surface area contributed by atoms with Gasteiger partial charge in [0, 0.05) is 25.2 Å². The van der Waals surface area contributed by atoms with Crippen molar-refractivity contribution >= 4 is 41.5 Å². The Hall–Kier alpha value is -1.45. The van der Waals surface area contributed by atoms with Gasteiger partial charge in [0.2, 0.25) is 0 Å². The minimum absolute atomic E-state index is 0. The largest absolute Gasteiger partial charge is 0.492 e. The number of hydrogen-bond acceptors (Lipinski definition) is 4. The second-order valence-corrected chi connectivity index (χ2v) is 5.65. The van der Waals surface area contributed by atoms with Gasteiger partial charge in [0.1, 0.15) is 24.7 Å². The molecule has 0 spiro atoms. The van der Waals surface area contributed by atoms with E-state index in [4.69, 9.17) is 25.5 Å². The van der Waals surface area contributed by atoms with E-state index in [1.807, 2.05) is 30.3 Å². The molecule has 6 nitrogen and oxygen atoms in total. The summed E-state index contributed by atoms with van der Waals surface area (Å²) in [6.45, 7) is 3.09. The minimum Gasteiger partial charge on any atom is -0.492 e. The summed E-state index contributed by atoms with van der Waals surface area (Å²) in [6, 6.07) is 11.1. The second-order valence-electron chi connectivity index (χ2n) is 5.22. The van der Waals surface area contributed by atoms with Crippen molar-refractivity contribution in [3.63, 3.8) is 0 Å². The van der Waals surface area contributed by atoms with E-state index in [-0.39, 0.29) is 24.0 Å². The third-order valence-corrected chi connectivity index (χ3v) is 3.50. The molecule has 0 bridgehead atoms. The summed E-state index contributed by atoms with van der Waals surface area (Å²) in [5, 5.41) is 7.09. The highest BCUT2D eigenvalue weighted by Crippen LogP contribution is 2.16. The Kier molecular flexibility index (Phi) is 11.9. The first-order valence-corrected chi connectivity index (χ1v) is 8.59. The number of halogens is 2. The predicted molar refractivity (Wildman–Crippen MR) is 115 cm³/mol. The van der Waals surface area contributed by atoms with Gasteiger partial charge in [0.15, 0.2) is 5.96 Å². The number of aliphatic imine (C=N–C) groups is 1. The number of nitrogens with one attached hydrogen (secondary N) is 2. The Morgan fingerprint density at radius 2 is 2.00 bits per heavy atom. The third kappa shape index (κ3) is 9.30. The fourth-order valence-electron chi connectivity index (χ4n) is 2.06. The molecular weight excluding hydrogens is 469 g/mol. The number of ether oxygens (including phenoxy) is 2. The zero-order valence-electron chi connectivity index (χ0n) is 14.7. The molecule has 2 rings (SSSR count). The Bertz CT molecular complexity index is 638. The predicted octanol–water partition coefficient (Wildman–Crippen LogP) is 3.70. The molecule has 0 aliphatic heterocycles. The molecule has 0 radical (unpaired) electrons. The zero-order valence-corrected chi connectivity index (χ0v) is 17.8. The number of nitrogens with zero attached hydrogens (tertiary/aromatic N) is 1. The zero-order chi connectivity index (χ0) is 17.7. The molecule has 0 aliphatic rings. The van der Waals surface area contributed by atoms with E-state index in [0.29, 0.717) is 31.4 Å². The number of benzene rings is 1. The first-order chi connectivity index (χ1) is 12.3. The summed E-state index contributed by atoms with van der Waals surface area (Å²) in [4.78, 5) is 4.17. The fraction of sp³-hybridized carbons (Fsp3) is 0.389. The van der Waals surface area contributed by atoms with Crippen molar-refractivity contribution in [1.82, 2.24) is 10.6 Å². The maximum absolute atomic E-state index is 5.91. The van der Waals surface area contributed by atoms with Gasteiger partial charge in [-0.2, -0.15) is 0 Å². The molecule has 8 heteroatoms. The van der Waals surface area contributed by atoms with Crippen LogP contribution in [0.1, 0.15) is 12.2 Å². The molecule has 0 saturated carbocycles. The Balaban J connectivity index is 0.00000338. The van der Waals surface area contributed by atoms with E-state index in [9.17, 15) is 0 Å². The van der Waals surface area contributed by atoms with E-state index in [0.717, 1.165) is 30.4 Å². The van der Waals surface area contributed by atoms with Gasteiger partial charge < -0.3 is 24.5 Å². The van der Waals surface area contributed by atoms with Crippen LogP contribution in [-0.2, 0) is 11.3 Å². The van der Waals surface area contributed by atoms with Crippen LogP contribution < -0.4 is 15.4 Å². The average Bonchev–Trinajstić information content (AvgIpc) is 3.13. The molecule has 1 aromatic heterocycles. The summed E-state index contributed by atoms with van der Waals surface area (Å²) in [5.74, 6) is 2.33. The van der Waals surface area contributed by atoms with E-state index in [1.165, 1.54) is 0 Å². The van der Waals surface area contributed by atoms with Crippen LogP contribution in [-0.4, -0.2) is 39.3 Å². The molecule has 0 unspecified atom stereocenters. The van der Waals surface area contributed by atoms with Crippen LogP contribution in [0.5, 0.6) is 5.75 Å². The third-order valence-electron chi connectivity index (χ3n) is 3.27. The molecule has 0 atom stereocenters. The standard InChI is InChI=1S/C18H24ClN3O3.HI/c1-20-18(21-8-4-10-23-14-17-7-3-11-24-17)22-9-12-25-16-6-2-5-15(19)13-16;/h2-3,5-7,11,13H,4,8-10,12,14H2,1H3,(H2,20,21,22);1H. The molecule has 0 saturated heterocycles.